The van der Waals surface area contributed by atoms with Crippen molar-refractivity contribution in [1.29, 1.82) is 0 Å². The molecule has 0 aromatic carbocycles. The summed E-state index contributed by atoms with van der Waals surface area (Å²) in [7, 11) is 0. The van der Waals surface area contributed by atoms with E-state index >= 15 is 0 Å². The van der Waals surface area contributed by atoms with E-state index in [1.807, 2.05) is 5.57 Å². The molecule has 0 aliphatic heterocycles. The summed E-state index contributed by atoms with van der Waals surface area (Å²) in [6, 6.07) is 0. The van der Waals surface area contributed by atoms with Gasteiger partial charge in [0.05, 0.1) is 0 Å². The van der Waals surface area contributed by atoms with Gasteiger partial charge in [0.25, 0.3) is 0 Å². The van der Waals surface area contributed by atoms with Crippen molar-refractivity contribution in [3.8, 4) is 0 Å². The molecule has 4 aliphatic rings. The third-order valence-electron chi connectivity index (χ3n) is 11.2. The molecule has 1 N–H and O–H groups in total. The fraction of sp³-hybridized carbons (Fsp3) is 0.931. The Balaban J connectivity index is 1.46. The highest BCUT2D eigenvalue weighted by atomic mass is 16.3. The molecule has 8 atom stereocenters. The molecule has 1 nitrogen and oxygen atoms in total. The highest BCUT2D eigenvalue weighted by molar-refractivity contribution is 5.27. The Morgan fingerprint density at radius 2 is 1.67 bits per heavy atom. The number of fused-ring (bicyclic) bond motifs is 5. The molecule has 0 saturated heterocycles. The Morgan fingerprint density at radius 1 is 0.900 bits per heavy atom. The van der Waals surface area contributed by atoms with Crippen LogP contribution in [0.3, 0.4) is 0 Å². The Kier molecular flexibility index (Phi) is 6.80. The van der Waals surface area contributed by atoms with Gasteiger partial charge >= 0.3 is 0 Å². The van der Waals surface area contributed by atoms with Crippen LogP contribution in [0.4, 0.5) is 0 Å². The number of aliphatic hydroxyl groups is 1. The van der Waals surface area contributed by atoms with Gasteiger partial charge in [0.2, 0.25) is 0 Å². The summed E-state index contributed by atoms with van der Waals surface area (Å²) in [6.07, 6.45) is 19.6. The zero-order chi connectivity index (χ0) is 21.5. The topological polar surface area (TPSA) is 20.2 Å². The smallest absolute Gasteiger partial charge is 0.0433 e. The molecule has 3 saturated carbocycles. The van der Waals surface area contributed by atoms with Crippen molar-refractivity contribution in [2.45, 2.75) is 112 Å². The fourth-order valence-corrected chi connectivity index (χ4v) is 9.18. The lowest BCUT2D eigenvalue weighted by molar-refractivity contribution is -0.00838. The monoisotopic (exact) mass is 414 g/mol. The lowest BCUT2D eigenvalue weighted by Crippen LogP contribution is -2.48. The van der Waals surface area contributed by atoms with Crippen molar-refractivity contribution < 1.29 is 5.11 Å². The SMILES string of the molecule is CC(C)[C@H](CCO)CC[C@@H](C)[C@H]1CC[C@H]2C3=CCC4CCCC[C@]4(C)[C@H]3CC[C@]12C. The molecule has 30 heavy (non-hydrogen) atoms. The van der Waals surface area contributed by atoms with Gasteiger partial charge in [0.1, 0.15) is 0 Å². The van der Waals surface area contributed by atoms with E-state index in [1.54, 1.807) is 0 Å². The molecular weight excluding hydrogens is 364 g/mol. The fourth-order valence-electron chi connectivity index (χ4n) is 9.18. The Bertz CT molecular complexity index is 620. The van der Waals surface area contributed by atoms with E-state index in [1.165, 1.54) is 70.6 Å². The lowest BCUT2D eigenvalue weighted by atomic mass is 9.48. The van der Waals surface area contributed by atoms with Gasteiger partial charge in [0, 0.05) is 6.61 Å². The molecule has 0 bridgehead atoms. The second-order valence-electron chi connectivity index (χ2n) is 12.8. The maximum atomic E-state index is 9.46. The van der Waals surface area contributed by atoms with Crippen LogP contribution in [0.5, 0.6) is 0 Å². The molecule has 4 aliphatic carbocycles. The van der Waals surface area contributed by atoms with Crippen molar-refractivity contribution in [3.05, 3.63) is 11.6 Å². The molecule has 0 amide bonds. The zero-order valence-corrected chi connectivity index (χ0v) is 20.8. The highest BCUT2D eigenvalue weighted by Gasteiger charge is 2.57. The second kappa shape index (κ2) is 8.92. The van der Waals surface area contributed by atoms with E-state index in [4.69, 9.17) is 0 Å². The van der Waals surface area contributed by atoms with Gasteiger partial charge in [-0.15, -0.1) is 0 Å². The van der Waals surface area contributed by atoms with E-state index in [0.717, 1.165) is 36.0 Å². The van der Waals surface area contributed by atoms with Crippen LogP contribution in [0.15, 0.2) is 11.6 Å². The van der Waals surface area contributed by atoms with Gasteiger partial charge in [-0.1, -0.05) is 65.5 Å². The van der Waals surface area contributed by atoms with Gasteiger partial charge in [-0.3, -0.25) is 0 Å². The first-order valence-electron chi connectivity index (χ1n) is 13.6. The lowest BCUT2D eigenvalue weighted by Gasteiger charge is -2.57. The highest BCUT2D eigenvalue weighted by Crippen LogP contribution is 2.67. The Hall–Kier alpha value is -0.300. The number of aliphatic hydroxyl groups excluding tert-OH is 1. The average molecular weight is 415 g/mol. The first kappa shape index (κ1) is 22.9. The molecular formula is C29H50O. The van der Waals surface area contributed by atoms with Gasteiger partial charge in [-0.2, -0.15) is 0 Å². The number of allylic oxidation sites excluding steroid dienone is 2. The second-order valence-corrected chi connectivity index (χ2v) is 12.8. The average Bonchev–Trinajstić information content (AvgIpc) is 3.07. The summed E-state index contributed by atoms with van der Waals surface area (Å²) in [6.45, 7) is 13.0. The van der Waals surface area contributed by atoms with E-state index in [9.17, 15) is 5.11 Å². The summed E-state index contributed by atoms with van der Waals surface area (Å²) in [5.74, 6) is 5.88. The van der Waals surface area contributed by atoms with Crippen LogP contribution in [-0.4, -0.2) is 11.7 Å². The normalized spacial score (nSPS) is 42.8. The van der Waals surface area contributed by atoms with Crippen LogP contribution in [0.1, 0.15) is 112 Å². The largest absolute Gasteiger partial charge is 0.396 e. The minimum atomic E-state index is 0.357. The Labute approximate surface area is 187 Å². The summed E-state index contributed by atoms with van der Waals surface area (Å²) in [5.41, 5.74) is 3.09. The van der Waals surface area contributed by atoms with E-state index in [2.05, 4.69) is 40.7 Å². The number of hydrogen-bond acceptors (Lipinski definition) is 1. The van der Waals surface area contributed by atoms with Crippen LogP contribution >= 0.6 is 0 Å². The third kappa shape index (κ3) is 3.84. The molecule has 0 spiro atoms. The first-order valence-corrected chi connectivity index (χ1v) is 13.6. The molecule has 172 valence electrons. The van der Waals surface area contributed by atoms with Crippen molar-refractivity contribution in [1.82, 2.24) is 0 Å². The van der Waals surface area contributed by atoms with Crippen molar-refractivity contribution in [2.75, 3.05) is 6.61 Å². The molecule has 0 radical (unpaired) electrons. The molecule has 0 aromatic heterocycles. The molecule has 0 heterocycles. The van der Waals surface area contributed by atoms with Gasteiger partial charge in [-0.25, -0.2) is 0 Å². The van der Waals surface area contributed by atoms with Crippen LogP contribution in [-0.2, 0) is 0 Å². The van der Waals surface area contributed by atoms with E-state index < -0.39 is 0 Å². The molecule has 3 fully saturated rings. The van der Waals surface area contributed by atoms with Crippen LogP contribution in [0, 0.1) is 52.3 Å². The molecule has 1 heteroatoms. The zero-order valence-electron chi connectivity index (χ0n) is 20.8. The first-order chi connectivity index (χ1) is 14.3. The summed E-state index contributed by atoms with van der Waals surface area (Å²) in [5, 5.41) is 9.46. The standard InChI is InChI=1S/C29H50O/c1-20(2)22(16-19-30)10-9-21(3)25-13-14-26-24-12-11-23-8-6-7-17-28(23,4)27(24)15-18-29(25,26)5/h12,20-23,25-27,30H,6-11,13-19H2,1-5H3/t21-,22+,23?,25-,26+,27+,28+,29-/m1/s1. The minimum absolute atomic E-state index is 0.357. The van der Waals surface area contributed by atoms with Crippen molar-refractivity contribution in [2.24, 2.45) is 52.3 Å². The summed E-state index contributed by atoms with van der Waals surface area (Å²) < 4.78 is 0. The number of hydrogen-bond donors (Lipinski definition) is 1. The Morgan fingerprint density at radius 3 is 2.40 bits per heavy atom. The number of rotatable bonds is 7. The van der Waals surface area contributed by atoms with Crippen LogP contribution < -0.4 is 0 Å². The van der Waals surface area contributed by atoms with Crippen molar-refractivity contribution in [3.63, 3.8) is 0 Å². The van der Waals surface area contributed by atoms with E-state index in [-0.39, 0.29) is 0 Å². The van der Waals surface area contributed by atoms with Gasteiger partial charge in [0.15, 0.2) is 0 Å². The minimum Gasteiger partial charge on any atom is -0.396 e. The molecule has 0 aromatic rings. The molecule has 4 rings (SSSR count). The molecule has 1 unspecified atom stereocenters. The quantitative estimate of drug-likeness (QED) is 0.418. The van der Waals surface area contributed by atoms with Gasteiger partial charge in [-0.05, 0) is 110 Å². The predicted molar refractivity (Wildman–Crippen MR) is 128 cm³/mol. The maximum absolute atomic E-state index is 9.46. The van der Waals surface area contributed by atoms with E-state index in [0.29, 0.717) is 29.3 Å². The van der Waals surface area contributed by atoms with Crippen LogP contribution in [0.25, 0.3) is 0 Å². The maximum Gasteiger partial charge on any atom is 0.0433 e. The summed E-state index contributed by atoms with van der Waals surface area (Å²) >= 11 is 0. The van der Waals surface area contributed by atoms with Gasteiger partial charge < -0.3 is 5.11 Å². The predicted octanol–water partition coefficient (Wildman–Crippen LogP) is 8.03. The third-order valence-corrected chi connectivity index (χ3v) is 11.2. The van der Waals surface area contributed by atoms with Crippen LogP contribution in [0.2, 0.25) is 0 Å². The summed E-state index contributed by atoms with van der Waals surface area (Å²) in [4.78, 5) is 0. The van der Waals surface area contributed by atoms with Crippen molar-refractivity contribution >= 4 is 0 Å².